The zero-order valence-electron chi connectivity index (χ0n) is 9.48. The first-order valence-corrected chi connectivity index (χ1v) is 6.65. The van der Waals surface area contributed by atoms with Crippen molar-refractivity contribution in [3.8, 4) is 0 Å². The van der Waals surface area contributed by atoms with Crippen LogP contribution in [0, 0.1) is 6.92 Å². The molecule has 0 aliphatic rings. The summed E-state index contributed by atoms with van der Waals surface area (Å²) in [6.07, 6.45) is -0.723. The molecule has 3 N–H and O–H groups in total. The zero-order valence-corrected chi connectivity index (χ0v) is 11.1. The summed E-state index contributed by atoms with van der Waals surface area (Å²) in [7, 11) is 0. The van der Waals surface area contributed by atoms with E-state index in [9.17, 15) is 9.59 Å². The third-order valence-electron chi connectivity index (χ3n) is 1.62. The van der Waals surface area contributed by atoms with Gasteiger partial charge in [0, 0.05) is 0 Å². The number of rotatable bonds is 4. The molecule has 0 unspecified atom stereocenters. The Kier molecular flexibility index (Phi) is 5.23. The molecule has 0 bridgehead atoms. The maximum Gasteiger partial charge on any atom is 0.413 e. The molecule has 17 heavy (non-hydrogen) atoms. The third kappa shape index (κ3) is 4.61. The third-order valence-corrected chi connectivity index (χ3v) is 3.97. The van der Waals surface area contributed by atoms with E-state index in [-0.39, 0.29) is 12.4 Å². The maximum absolute atomic E-state index is 11.3. The van der Waals surface area contributed by atoms with Gasteiger partial charge in [0.1, 0.15) is 0 Å². The smallest absolute Gasteiger partial charge is 0.413 e. The Balaban J connectivity index is 2.38. The zero-order chi connectivity index (χ0) is 12.8. The van der Waals surface area contributed by atoms with Crippen LogP contribution in [0.25, 0.3) is 0 Å². The van der Waals surface area contributed by atoms with Crippen molar-refractivity contribution in [1.82, 2.24) is 10.3 Å². The summed E-state index contributed by atoms with van der Waals surface area (Å²) in [6, 6.07) is 0. The number of anilines is 1. The molecule has 0 aromatic carbocycles. The summed E-state index contributed by atoms with van der Waals surface area (Å²) in [4.78, 5) is 26.3. The number of nitrogens with two attached hydrogens (primary N) is 1. The number of alkyl carbamates (subject to hydrolysis) is 1. The standard InChI is InChI=1S/C9H13N3O3S2/c1-3-15-9(14)12-6(13)4-16-7-5(2)11-8(10)17-7/h3-4H2,1-2H3,(H2,10,11)(H,12,13,14). The van der Waals surface area contributed by atoms with Gasteiger partial charge in [-0.3, -0.25) is 10.1 Å². The average Bonchev–Trinajstić information content (AvgIpc) is 2.54. The minimum absolute atomic E-state index is 0.126. The molecule has 1 aromatic heterocycles. The van der Waals surface area contributed by atoms with Gasteiger partial charge in [0.25, 0.3) is 0 Å². The van der Waals surface area contributed by atoms with Crippen LogP contribution >= 0.6 is 23.1 Å². The largest absolute Gasteiger partial charge is 0.450 e. The minimum atomic E-state index is -0.723. The van der Waals surface area contributed by atoms with Crippen molar-refractivity contribution < 1.29 is 14.3 Å². The van der Waals surface area contributed by atoms with Gasteiger partial charge in [0.05, 0.1) is 22.3 Å². The SMILES string of the molecule is CCOC(=O)NC(=O)CSc1sc(N)nc1C. The molecule has 1 aromatic rings. The number of carbonyl (C=O) groups excluding carboxylic acids is 2. The van der Waals surface area contributed by atoms with E-state index in [1.54, 1.807) is 6.92 Å². The van der Waals surface area contributed by atoms with Gasteiger partial charge in [0.15, 0.2) is 5.13 Å². The molecule has 0 radical (unpaired) electrons. The average molecular weight is 275 g/mol. The fourth-order valence-electron chi connectivity index (χ4n) is 0.985. The molecule has 2 amide bonds. The van der Waals surface area contributed by atoms with Gasteiger partial charge in [-0.1, -0.05) is 11.3 Å². The van der Waals surface area contributed by atoms with Crippen molar-refractivity contribution in [3.63, 3.8) is 0 Å². The second-order valence-electron chi connectivity index (χ2n) is 2.98. The van der Waals surface area contributed by atoms with Crippen LogP contribution in [0.15, 0.2) is 4.21 Å². The highest BCUT2D eigenvalue weighted by molar-refractivity contribution is 8.01. The predicted octanol–water partition coefficient (Wildman–Crippen LogP) is 1.40. The first kappa shape index (κ1) is 13.8. The van der Waals surface area contributed by atoms with Crippen molar-refractivity contribution in [2.75, 3.05) is 18.1 Å². The van der Waals surface area contributed by atoms with E-state index in [4.69, 9.17) is 5.73 Å². The van der Waals surface area contributed by atoms with Gasteiger partial charge in [0.2, 0.25) is 5.91 Å². The predicted molar refractivity (Wildman–Crippen MR) is 67.2 cm³/mol. The van der Waals surface area contributed by atoms with Crippen LogP contribution in [0.1, 0.15) is 12.6 Å². The normalized spacial score (nSPS) is 10.0. The molecule has 0 saturated heterocycles. The Labute approximate surface area is 107 Å². The van der Waals surface area contributed by atoms with E-state index >= 15 is 0 Å². The number of imide groups is 1. The Morgan fingerprint density at radius 2 is 2.29 bits per heavy atom. The van der Waals surface area contributed by atoms with Crippen molar-refractivity contribution in [1.29, 1.82) is 0 Å². The molecule has 1 rings (SSSR count). The highest BCUT2D eigenvalue weighted by Gasteiger charge is 2.11. The second-order valence-corrected chi connectivity index (χ2v) is 5.26. The Morgan fingerprint density at radius 3 is 2.82 bits per heavy atom. The number of aromatic nitrogens is 1. The number of hydrogen-bond acceptors (Lipinski definition) is 7. The lowest BCUT2D eigenvalue weighted by Gasteiger charge is -2.03. The monoisotopic (exact) mass is 275 g/mol. The lowest BCUT2D eigenvalue weighted by Crippen LogP contribution is -2.32. The van der Waals surface area contributed by atoms with Crippen molar-refractivity contribution in [2.45, 2.75) is 18.1 Å². The Bertz CT molecular complexity index is 420. The van der Waals surface area contributed by atoms with Gasteiger partial charge < -0.3 is 10.5 Å². The van der Waals surface area contributed by atoms with Crippen LogP contribution in [0.2, 0.25) is 0 Å². The van der Waals surface area contributed by atoms with E-state index in [2.05, 4.69) is 15.0 Å². The maximum atomic E-state index is 11.3. The van der Waals surface area contributed by atoms with Crippen LogP contribution in [0.5, 0.6) is 0 Å². The molecule has 0 saturated carbocycles. The van der Waals surface area contributed by atoms with Crippen LogP contribution in [0.4, 0.5) is 9.93 Å². The fraction of sp³-hybridized carbons (Fsp3) is 0.444. The Morgan fingerprint density at radius 1 is 1.59 bits per heavy atom. The van der Waals surface area contributed by atoms with Crippen LogP contribution in [-0.2, 0) is 9.53 Å². The molecular formula is C9H13N3O3S2. The quantitative estimate of drug-likeness (QED) is 0.807. The van der Waals surface area contributed by atoms with Crippen LogP contribution < -0.4 is 11.1 Å². The number of nitrogen functional groups attached to an aromatic ring is 1. The molecule has 1 heterocycles. The summed E-state index contributed by atoms with van der Waals surface area (Å²) in [5.41, 5.74) is 6.32. The first-order chi connectivity index (χ1) is 8.02. The summed E-state index contributed by atoms with van der Waals surface area (Å²) in [5, 5.41) is 2.58. The number of ether oxygens (including phenoxy) is 1. The highest BCUT2D eigenvalue weighted by atomic mass is 32.2. The molecule has 0 fully saturated rings. The van der Waals surface area contributed by atoms with Crippen molar-refractivity contribution in [3.05, 3.63) is 5.69 Å². The molecule has 0 atom stereocenters. The van der Waals surface area contributed by atoms with Crippen molar-refractivity contribution in [2.24, 2.45) is 0 Å². The summed E-state index contributed by atoms with van der Waals surface area (Å²) >= 11 is 2.61. The minimum Gasteiger partial charge on any atom is -0.450 e. The van der Waals surface area contributed by atoms with Crippen molar-refractivity contribution >= 4 is 40.2 Å². The number of aryl methyl sites for hydroxylation is 1. The number of carbonyl (C=O) groups is 2. The molecule has 0 aliphatic heterocycles. The molecule has 8 heteroatoms. The lowest BCUT2D eigenvalue weighted by molar-refractivity contribution is -0.117. The lowest BCUT2D eigenvalue weighted by atomic mass is 10.6. The molecule has 94 valence electrons. The summed E-state index contributed by atoms with van der Waals surface area (Å²) in [5.74, 6) is -0.277. The van der Waals surface area contributed by atoms with Gasteiger partial charge in [-0.2, -0.15) is 0 Å². The molecular weight excluding hydrogens is 262 g/mol. The number of amides is 2. The molecule has 6 nitrogen and oxygen atoms in total. The number of nitrogens with one attached hydrogen (secondary N) is 1. The highest BCUT2D eigenvalue weighted by Crippen LogP contribution is 2.30. The summed E-state index contributed by atoms with van der Waals surface area (Å²) in [6.45, 7) is 3.72. The van der Waals surface area contributed by atoms with E-state index in [1.165, 1.54) is 23.1 Å². The number of nitrogens with zero attached hydrogens (tertiary/aromatic N) is 1. The Hall–Kier alpha value is -1.28. The van der Waals surface area contributed by atoms with Gasteiger partial charge in [-0.25, -0.2) is 9.78 Å². The number of hydrogen-bond donors (Lipinski definition) is 2. The van der Waals surface area contributed by atoms with Crippen LogP contribution in [0.3, 0.4) is 0 Å². The summed E-state index contributed by atoms with van der Waals surface area (Å²) < 4.78 is 5.46. The number of thioether (sulfide) groups is 1. The molecule has 0 aliphatic carbocycles. The molecule has 0 spiro atoms. The second kappa shape index (κ2) is 6.45. The van der Waals surface area contributed by atoms with E-state index in [1.807, 2.05) is 6.92 Å². The first-order valence-electron chi connectivity index (χ1n) is 4.85. The van der Waals surface area contributed by atoms with Gasteiger partial charge in [-0.05, 0) is 13.8 Å². The van der Waals surface area contributed by atoms with E-state index in [0.29, 0.717) is 5.13 Å². The van der Waals surface area contributed by atoms with Gasteiger partial charge >= 0.3 is 6.09 Å². The van der Waals surface area contributed by atoms with E-state index < -0.39 is 12.0 Å². The fourth-order valence-corrected chi connectivity index (χ4v) is 2.81. The topological polar surface area (TPSA) is 94.3 Å². The number of thiazole rings is 1. The van der Waals surface area contributed by atoms with Crippen LogP contribution in [-0.4, -0.2) is 29.3 Å². The van der Waals surface area contributed by atoms with Gasteiger partial charge in [-0.15, -0.1) is 11.8 Å². The van der Waals surface area contributed by atoms with E-state index in [0.717, 1.165) is 9.90 Å².